The number of halogens is 3. The third kappa shape index (κ3) is 4.56. The second-order valence-corrected chi connectivity index (χ2v) is 4.46. The third-order valence-corrected chi connectivity index (χ3v) is 2.87. The number of nitrogens with one attached hydrogen (secondary N) is 2. The van der Waals surface area contributed by atoms with E-state index in [2.05, 4.69) is 15.5 Å². The van der Waals surface area contributed by atoms with Gasteiger partial charge in [0.05, 0.1) is 7.11 Å². The summed E-state index contributed by atoms with van der Waals surface area (Å²) in [6, 6.07) is 4.94. The molecule has 1 aromatic carbocycles. The summed E-state index contributed by atoms with van der Waals surface area (Å²) in [5.74, 6) is 0.458. The number of nitrogens with zero attached hydrogens (tertiary/aromatic N) is 2. The Labute approximate surface area is 129 Å². The second kappa shape index (κ2) is 6.95. The molecular formula is C14H13F3N4O2. The van der Waals surface area contributed by atoms with Crippen LogP contribution in [0.1, 0.15) is 11.6 Å². The summed E-state index contributed by atoms with van der Waals surface area (Å²) in [5, 5.41) is 11.1. The highest BCUT2D eigenvalue weighted by Gasteiger charge is 2.42. The van der Waals surface area contributed by atoms with Crippen LogP contribution in [0.3, 0.4) is 0 Å². The van der Waals surface area contributed by atoms with Gasteiger partial charge in [-0.05, 0) is 29.8 Å². The number of amides is 2. The standard InChI is InChI=1S/C14H13F3N4O2/c1-23-10-6-4-9(5-7-10)12(14(15,16)17)20-13(22)19-11-3-2-8-18-21-11/h2-8,12H,1H3,(H2,19,20,21,22)/t12-/m0/s1. The SMILES string of the molecule is COc1ccc([C@H](NC(=O)Nc2cccnn2)C(F)(F)F)cc1. The van der Waals surface area contributed by atoms with Gasteiger partial charge in [-0.3, -0.25) is 5.32 Å². The van der Waals surface area contributed by atoms with E-state index in [1.54, 1.807) is 0 Å². The molecule has 0 radical (unpaired) electrons. The number of hydrogen-bond donors (Lipinski definition) is 2. The van der Waals surface area contributed by atoms with E-state index in [0.717, 1.165) is 0 Å². The molecule has 6 nitrogen and oxygen atoms in total. The molecule has 0 saturated carbocycles. The topological polar surface area (TPSA) is 76.1 Å². The van der Waals surface area contributed by atoms with Gasteiger partial charge in [-0.25, -0.2) is 4.79 Å². The van der Waals surface area contributed by atoms with Gasteiger partial charge in [0.15, 0.2) is 11.9 Å². The van der Waals surface area contributed by atoms with Gasteiger partial charge in [0, 0.05) is 6.20 Å². The lowest BCUT2D eigenvalue weighted by Gasteiger charge is -2.22. The van der Waals surface area contributed by atoms with Crippen molar-refractivity contribution in [2.75, 3.05) is 12.4 Å². The molecule has 0 fully saturated rings. The second-order valence-electron chi connectivity index (χ2n) is 4.46. The highest BCUT2D eigenvalue weighted by molar-refractivity contribution is 5.88. The van der Waals surface area contributed by atoms with Crippen molar-refractivity contribution in [2.24, 2.45) is 0 Å². The smallest absolute Gasteiger partial charge is 0.412 e. The number of carbonyl (C=O) groups is 1. The minimum absolute atomic E-state index is 0.0423. The maximum atomic E-state index is 13.2. The number of urea groups is 1. The van der Waals surface area contributed by atoms with Crippen LogP contribution in [0.5, 0.6) is 5.75 Å². The van der Waals surface area contributed by atoms with Gasteiger partial charge < -0.3 is 10.1 Å². The van der Waals surface area contributed by atoms with Gasteiger partial charge in [0.2, 0.25) is 0 Å². The van der Waals surface area contributed by atoms with Crippen LogP contribution in [0.25, 0.3) is 0 Å². The van der Waals surface area contributed by atoms with Crippen molar-refractivity contribution in [3.63, 3.8) is 0 Å². The lowest BCUT2D eigenvalue weighted by atomic mass is 10.1. The Hall–Kier alpha value is -2.84. The van der Waals surface area contributed by atoms with Crippen LogP contribution in [-0.4, -0.2) is 29.5 Å². The first-order chi connectivity index (χ1) is 10.9. The van der Waals surface area contributed by atoms with E-state index in [4.69, 9.17) is 4.74 Å². The summed E-state index contributed by atoms with van der Waals surface area (Å²) >= 11 is 0. The van der Waals surface area contributed by atoms with Gasteiger partial charge in [0.25, 0.3) is 0 Å². The Bertz CT molecular complexity index is 647. The fraction of sp³-hybridized carbons (Fsp3) is 0.214. The Morgan fingerprint density at radius 3 is 2.43 bits per heavy atom. The Kier molecular flexibility index (Phi) is 4.99. The zero-order chi connectivity index (χ0) is 16.9. The average molecular weight is 326 g/mol. The Balaban J connectivity index is 2.14. The van der Waals surface area contributed by atoms with Crippen LogP contribution >= 0.6 is 0 Å². The fourth-order valence-electron chi connectivity index (χ4n) is 1.80. The van der Waals surface area contributed by atoms with Gasteiger partial charge in [0.1, 0.15) is 5.75 Å². The molecule has 1 atom stereocenters. The molecule has 1 aromatic heterocycles. The molecule has 0 unspecified atom stereocenters. The minimum Gasteiger partial charge on any atom is -0.497 e. The number of ether oxygens (including phenoxy) is 1. The largest absolute Gasteiger partial charge is 0.497 e. The van der Waals surface area contributed by atoms with E-state index in [1.165, 1.54) is 49.7 Å². The molecule has 1 heterocycles. The van der Waals surface area contributed by atoms with E-state index in [1.807, 2.05) is 5.32 Å². The molecule has 2 amide bonds. The zero-order valence-electron chi connectivity index (χ0n) is 12.0. The van der Waals surface area contributed by atoms with E-state index >= 15 is 0 Å². The van der Waals surface area contributed by atoms with E-state index in [-0.39, 0.29) is 11.4 Å². The molecule has 0 spiro atoms. The summed E-state index contributed by atoms with van der Waals surface area (Å²) in [4.78, 5) is 11.8. The van der Waals surface area contributed by atoms with Crippen molar-refractivity contribution in [3.05, 3.63) is 48.2 Å². The average Bonchev–Trinajstić information content (AvgIpc) is 2.53. The molecule has 0 aliphatic heterocycles. The molecule has 0 bridgehead atoms. The van der Waals surface area contributed by atoms with Crippen LogP contribution in [0.4, 0.5) is 23.8 Å². The summed E-state index contributed by atoms with van der Waals surface area (Å²) < 4.78 is 44.5. The van der Waals surface area contributed by atoms with Gasteiger partial charge in [-0.15, -0.1) is 5.10 Å². The van der Waals surface area contributed by atoms with E-state index in [9.17, 15) is 18.0 Å². The molecule has 0 aliphatic rings. The molecule has 2 N–H and O–H groups in total. The summed E-state index contributed by atoms with van der Waals surface area (Å²) in [6.45, 7) is 0. The maximum Gasteiger partial charge on any atom is 0.412 e. The molecule has 122 valence electrons. The molecular weight excluding hydrogens is 313 g/mol. The van der Waals surface area contributed by atoms with Crippen molar-refractivity contribution in [1.29, 1.82) is 0 Å². The van der Waals surface area contributed by atoms with Crippen molar-refractivity contribution in [3.8, 4) is 5.75 Å². The predicted octanol–water partition coefficient (Wildman–Crippen LogP) is 2.91. The Morgan fingerprint density at radius 1 is 1.22 bits per heavy atom. The maximum absolute atomic E-state index is 13.2. The predicted molar refractivity (Wildman–Crippen MR) is 76.0 cm³/mol. The number of alkyl halides is 3. The molecule has 0 aliphatic carbocycles. The number of hydrogen-bond acceptors (Lipinski definition) is 4. The van der Waals surface area contributed by atoms with Gasteiger partial charge in [-0.2, -0.15) is 18.3 Å². The molecule has 0 saturated heterocycles. The van der Waals surface area contributed by atoms with Crippen LogP contribution in [0, 0.1) is 0 Å². The van der Waals surface area contributed by atoms with Crippen molar-refractivity contribution < 1.29 is 22.7 Å². The normalized spacial score (nSPS) is 12.3. The fourth-order valence-corrected chi connectivity index (χ4v) is 1.80. The lowest BCUT2D eigenvalue weighted by molar-refractivity contribution is -0.154. The van der Waals surface area contributed by atoms with Crippen molar-refractivity contribution in [2.45, 2.75) is 12.2 Å². The summed E-state index contributed by atoms with van der Waals surface area (Å²) in [7, 11) is 1.41. The monoisotopic (exact) mass is 326 g/mol. The van der Waals surface area contributed by atoms with Crippen molar-refractivity contribution in [1.82, 2.24) is 15.5 Å². The number of rotatable bonds is 4. The lowest BCUT2D eigenvalue weighted by Crippen LogP contribution is -2.40. The molecule has 23 heavy (non-hydrogen) atoms. The number of aromatic nitrogens is 2. The van der Waals surface area contributed by atoms with Crippen LogP contribution < -0.4 is 15.4 Å². The summed E-state index contributed by atoms with van der Waals surface area (Å²) in [5.41, 5.74) is -0.118. The molecule has 2 rings (SSSR count). The molecule has 2 aromatic rings. The van der Waals surface area contributed by atoms with Gasteiger partial charge in [-0.1, -0.05) is 12.1 Å². The first kappa shape index (κ1) is 16.5. The van der Waals surface area contributed by atoms with E-state index < -0.39 is 18.2 Å². The quantitative estimate of drug-likeness (QED) is 0.906. The minimum atomic E-state index is -4.66. The number of methoxy groups -OCH3 is 1. The number of anilines is 1. The Morgan fingerprint density at radius 2 is 1.91 bits per heavy atom. The van der Waals surface area contributed by atoms with Gasteiger partial charge >= 0.3 is 12.2 Å². The number of carbonyl (C=O) groups excluding carboxylic acids is 1. The highest BCUT2D eigenvalue weighted by Crippen LogP contribution is 2.33. The number of benzene rings is 1. The molecule has 9 heteroatoms. The van der Waals surface area contributed by atoms with E-state index in [0.29, 0.717) is 5.75 Å². The van der Waals surface area contributed by atoms with Crippen molar-refractivity contribution >= 4 is 11.8 Å². The third-order valence-electron chi connectivity index (χ3n) is 2.87. The zero-order valence-corrected chi connectivity index (χ0v) is 12.0. The first-order valence-electron chi connectivity index (χ1n) is 6.46. The first-order valence-corrected chi connectivity index (χ1v) is 6.46. The summed E-state index contributed by atoms with van der Waals surface area (Å²) in [6.07, 6.45) is -3.28. The van der Waals surface area contributed by atoms with Crippen LogP contribution in [-0.2, 0) is 0 Å². The highest BCUT2D eigenvalue weighted by atomic mass is 19.4. The van der Waals surface area contributed by atoms with Crippen LogP contribution in [0.2, 0.25) is 0 Å². The van der Waals surface area contributed by atoms with Crippen LogP contribution in [0.15, 0.2) is 42.6 Å².